The number of hydrogen-bond acceptors (Lipinski definition) is 3. The highest BCUT2D eigenvalue weighted by atomic mass is 32.2. The maximum Gasteiger partial charge on any atom is 0.203 e. The summed E-state index contributed by atoms with van der Waals surface area (Å²) in [7, 11) is -0.592. The van der Waals surface area contributed by atoms with Gasteiger partial charge < -0.3 is 9.88 Å². The minimum atomic E-state index is -0.592. The first-order valence-corrected chi connectivity index (χ1v) is 7.34. The van der Waals surface area contributed by atoms with Gasteiger partial charge in [-0.05, 0) is 26.7 Å². The van der Waals surface area contributed by atoms with Crippen molar-refractivity contribution in [3.05, 3.63) is 11.9 Å². The lowest BCUT2D eigenvalue weighted by Crippen LogP contribution is -2.22. The summed E-state index contributed by atoms with van der Waals surface area (Å²) in [6.45, 7) is 4.97. The molecule has 0 amide bonds. The van der Waals surface area contributed by atoms with E-state index in [4.69, 9.17) is 0 Å². The molecular formula is C11H19N3OS. The van der Waals surface area contributed by atoms with Gasteiger partial charge in [-0.2, -0.15) is 0 Å². The first-order chi connectivity index (χ1) is 7.70. The number of imidazole rings is 1. The Hall–Kier alpha value is -0.840. The van der Waals surface area contributed by atoms with Crippen LogP contribution in [-0.2, 0) is 10.8 Å². The van der Waals surface area contributed by atoms with E-state index in [1.807, 2.05) is 6.92 Å². The van der Waals surface area contributed by atoms with E-state index in [1.165, 1.54) is 0 Å². The van der Waals surface area contributed by atoms with E-state index >= 15 is 0 Å². The Morgan fingerprint density at radius 1 is 1.56 bits per heavy atom. The van der Waals surface area contributed by atoms with Gasteiger partial charge in [0.25, 0.3) is 0 Å². The van der Waals surface area contributed by atoms with Gasteiger partial charge >= 0.3 is 0 Å². The van der Waals surface area contributed by atoms with Gasteiger partial charge in [0.05, 0.1) is 5.69 Å². The van der Waals surface area contributed by atoms with Crippen molar-refractivity contribution in [1.29, 1.82) is 0 Å². The van der Waals surface area contributed by atoms with Crippen molar-refractivity contribution in [2.45, 2.75) is 32.7 Å². The smallest absolute Gasteiger partial charge is 0.203 e. The minimum absolute atomic E-state index is 0.466. The van der Waals surface area contributed by atoms with Crippen LogP contribution >= 0.6 is 0 Å². The van der Waals surface area contributed by atoms with Crippen LogP contribution in [0.5, 0.6) is 0 Å². The third kappa shape index (κ3) is 2.45. The van der Waals surface area contributed by atoms with Crippen molar-refractivity contribution in [3.63, 3.8) is 0 Å². The second-order valence-corrected chi connectivity index (χ2v) is 5.92. The van der Waals surface area contributed by atoms with Crippen LogP contribution in [0.1, 0.15) is 31.5 Å². The highest BCUT2D eigenvalue weighted by molar-refractivity contribution is 7.85. The molecule has 2 heterocycles. The van der Waals surface area contributed by atoms with Crippen LogP contribution in [0.4, 0.5) is 5.95 Å². The molecule has 4 nitrogen and oxygen atoms in total. The maximum absolute atomic E-state index is 11.3. The van der Waals surface area contributed by atoms with Crippen molar-refractivity contribution in [3.8, 4) is 0 Å². The molecule has 0 saturated carbocycles. The molecule has 5 heteroatoms. The summed E-state index contributed by atoms with van der Waals surface area (Å²) in [5, 5.41) is 3.28. The molecule has 0 unspecified atom stereocenters. The largest absolute Gasteiger partial charge is 0.356 e. The molecule has 0 aliphatic carbocycles. The zero-order chi connectivity index (χ0) is 11.5. The topological polar surface area (TPSA) is 46.9 Å². The van der Waals surface area contributed by atoms with Crippen LogP contribution in [0.15, 0.2) is 6.20 Å². The van der Waals surface area contributed by atoms with Gasteiger partial charge in [-0.15, -0.1) is 0 Å². The first-order valence-electron chi connectivity index (χ1n) is 5.85. The molecule has 1 N–H and O–H groups in total. The second-order valence-electron chi connectivity index (χ2n) is 4.22. The van der Waals surface area contributed by atoms with Gasteiger partial charge in [0, 0.05) is 41.1 Å². The summed E-state index contributed by atoms with van der Waals surface area (Å²) in [5.41, 5.74) is 1.04. The zero-order valence-corrected chi connectivity index (χ0v) is 10.7. The fourth-order valence-electron chi connectivity index (χ4n) is 2.14. The Bertz CT molecular complexity index is 379. The van der Waals surface area contributed by atoms with E-state index < -0.39 is 10.8 Å². The maximum atomic E-state index is 11.3. The monoisotopic (exact) mass is 241 g/mol. The van der Waals surface area contributed by atoms with Gasteiger partial charge in [-0.25, -0.2) is 4.98 Å². The molecule has 0 radical (unpaired) electrons. The second kappa shape index (κ2) is 4.99. The van der Waals surface area contributed by atoms with E-state index in [-0.39, 0.29) is 0 Å². The lowest BCUT2D eigenvalue weighted by molar-refractivity contribution is 0.466. The normalized spacial score (nSPS) is 25.6. The lowest BCUT2D eigenvalue weighted by Gasteiger charge is -2.24. The highest BCUT2D eigenvalue weighted by Gasteiger charge is 2.21. The number of nitrogens with one attached hydrogen (secondary N) is 1. The minimum Gasteiger partial charge on any atom is -0.356 e. The molecule has 1 aliphatic heterocycles. The molecule has 0 spiro atoms. The SMILES string of the molecule is CCNc1nc(C)cn1C1CCS(=O)CC1. The molecule has 16 heavy (non-hydrogen) atoms. The van der Waals surface area contributed by atoms with E-state index in [2.05, 4.69) is 28.0 Å². The molecule has 1 aromatic rings. The van der Waals surface area contributed by atoms with Crippen molar-refractivity contribution in [2.24, 2.45) is 0 Å². The number of aryl methyl sites for hydroxylation is 1. The predicted octanol–water partition coefficient (Wildman–Crippen LogP) is 1.71. The van der Waals surface area contributed by atoms with Crippen LogP contribution in [0, 0.1) is 6.92 Å². The first kappa shape index (κ1) is 11.6. The Morgan fingerprint density at radius 3 is 2.88 bits per heavy atom. The molecule has 0 bridgehead atoms. The summed E-state index contributed by atoms with van der Waals surface area (Å²) in [6.07, 6.45) is 4.10. The van der Waals surface area contributed by atoms with E-state index in [9.17, 15) is 4.21 Å². The van der Waals surface area contributed by atoms with Crippen molar-refractivity contribution in [2.75, 3.05) is 23.4 Å². The van der Waals surface area contributed by atoms with Crippen LogP contribution in [0.25, 0.3) is 0 Å². The zero-order valence-electron chi connectivity index (χ0n) is 9.90. The standard InChI is InChI=1S/C11H19N3OS/c1-3-12-11-13-9(2)8-14(11)10-4-6-16(15)7-5-10/h8,10H,3-7H2,1-2H3,(H,12,13). The summed E-state index contributed by atoms with van der Waals surface area (Å²) < 4.78 is 13.5. The Morgan fingerprint density at radius 2 is 2.25 bits per heavy atom. The average Bonchev–Trinajstić information content (AvgIpc) is 2.61. The molecule has 1 saturated heterocycles. The van der Waals surface area contributed by atoms with Gasteiger partial charge in [0.1, 0.15) is 0 Å². The average molecular weight is 241 g/mol. The molecule has 1 aromatic heterocycles. The van der Waals surface area contributed by atoms with Gasteiger partial charge in [0.15, 0.2) is 0 Å². The van der Waals surface area contributed by atoms with Crippen LogP contribution < -0.4 is 5.32 Å². The summed E-state index contributed by atoms with van der Waals surface area (Å²) in [5.74, 6) is 2.61. The Kier molecular flexibility index (Phi) is 3.63. The molecule has 1 aliphatic rings. The summed E-state index contributed by atoms with van der Waals surface area (Å²) >= 11 is 0. The molecular weight excluding hydrogens is 222 g/mol. The number of rotatable bonds is 3. The predicted molar refractivity (Wildman–Crippen MR) is 67.3 cm³/mol. The van der Waals surface area contributed by atoms with Crippen LogP contribution in [0.3, 0.4) is 0 Å². The van der Waals surface area contributed by atoms with Crippen molar-refractivity contribution >= 4 is 16.7 Å². The fraction of sp³-hybridized carbons (Fsp3) is 0.727. The number of hydrogen-bond donors (Lipinski definition) is 1. The molecule has 90 valence electrons. The molecule has 1 fully saturated rings. The molecule has 0 aromatic carbocycles. The lowest BCUT2D eigenvalue weighted by atomic mass is 10.1. The quantitative estimate of drug-likeness (QED) is 0.876. The Balaban J connectivity index is 2.15. The van der Waals surface area contributed by atoms with Crippen LogP contribution in [-0.4, -0.2) is 31.8 Å². The van der Waals surface area contributed by atoms with Crippen LogP contribution in [0.2, 0.25) is 0 Å². The van der Waals surface area contributed by atoms with Gasteiger partial charge in [-0.3, -0.25) is 4.21 Å². The van der Waals surface area contributed by atoms with Gasteiger partial charge in [0.2, 0.25) is 5.95 Å². The molecule has 0 atom stereocenters. The van der Waals surface area contributed by atoms with E-state index in [1.54, 1.807) is 0 Å². The van der Waals surface area contributed by atoms with Crippen molar-refractivity contribution < 1.29 is 4.21 Å². The van der Waals surface area contributed by atoms with E-state index in [0.29, 0.717) is 6.04 Å². The third-order valence-corrected chi connectivity index (χ3v) is 4.32. The number of nitrogens with zero attached hydrogens (tertiary/aromatic N) is 2. The highest BCUT2D eigenvalue weighted by Crippen LogP contribution is 2.26. The number of aromatic nitrogens is 2. The number of anilines is 1. The fourth-order valence-corrected chi connectivity index (χ4v) is 3.42. The third-order valence-electron chi connectivity index (χ3n) is 2.94. The summed E-state index contributed by atoms with van der Waals surface area (Å²) in [4.78, 5) is 4.47. The van der Waals surface area contributed by atoms with Crippen molar-refractivity contribution in [1.82, 2.24) is 9.55 Å². The van der Waals surface area contributed by atoms with E-state index in [0.717, 1.165) is 42.5 Å². The Labute approximate surface area is 98.9 Å². The summed E-state index contributed by atoms with van der Waals surface area (Å²) in [6, 6.07) is 0.466. The molecule has 2 rings (SSSR count). The van der Waals surface area contributed by atoms with Gasteiger partial charge in [-0.1, -0.05) is 0 Å².